The van der Waals surface area contributed by atoms with Gasteiger partial charge in [-0.3, -0.25) is 9.97 Å². The zero-order chi connectivity index (χ0) is 28.8. The first-order chi connectivity index (χ1) is 21.9. The van der Waals surface area contributed by atoms with E-state index in [1.165, 1.54) is 38.5 Å². The van der Waals surface area contributed by atoms with Gasteiger partial charge >= 0.3 is 0 Å². The molecule has 0 N–H and O–H groups in total. The number of hydrogen-bond acceptors (Lipinski definition) is 3. The number of para-hydroxylation sites is 4. The van der Waals surface area contributed by atoms with Crippen LogP contribution in [-0.2, 0) is 0 Å². The van der Waals surface area contributed by atoms with Gasteiger partial charge in [-0.1, -0.05) is 103 Å². The van der Waals surface area contributed by atoms with Gasteiger partial charge in [0.05, 0.1) is 22.4 Å². The summed E-state index contributed by atoms with van der Waals surface area (Å²) in [5, 5.41) is 4.68. The average Bonchev–Trinajstić information content (AvgIpc) is 3.61. The minimum Gasteiger partial charge on any atom is -0.455 e. The monoisotopic (exact) mass is 561 g/mol. The highest BCUT2D eigenvalue weighted by Crippen LogP contribution is 2.53. The fraction of sp³-hybridized carbons (Fsp3) is 0. The molecule has 10 rings (SSSR count). The van der Waals surface area contributed by atoms with Crippen LogP contribution in [0.2, 0.25) is 0 Å². The molecule has 204 valence electrons. The van der Waals surface area contributed by atoms with E-state index >= 15 is 0 Å². The lowest BCUT2D eigenvalue weighted by Crippen LogP contribution is -1.96. The third kappa shape index (κ3) is 3.06. The molecule has 0 bridgehead atoms. The number of fused-ring (bicyclic) bond motifs is 12. The zero-order valence-corrected chi connectivity index (χ0v) is 23.5. The number of rotatable bonds is 2. The minimum atomic E-state index is 0.801. The summed E-state index contributed by atoms with van der Waals surface area (Å²) in [5.74, 6) is 0. The van der Waals surface area contributed by atoms with Crippen LogP contribution in [0.15, 0.2) is 144 Å². The molecule has 4 heteroatoms. The summed E-state index contributed by atoms with van der Waals surface area (Å²) in [5.41, 5.74) is 13.5. The van der Waals surface area contributed by atoms with Crippen LogP contribution < -0.4 is 0 Å². The molecule has 0 aliphatic carbocycles. The molecular formula is C40H23N3O. The molecule has 6 aromatic carbocycles. The molecule has 4 nitrogen and oxygen atoms in total. The van der Waals surface area contributed by atoms with Gasteiger partial charge in [0.25, 0.3) is 0 Å². The Labute approximate surface area is 252 Å². The van der Waals surface area contributed by atoms with Gasteiger partial charge in [-0.25, -0.2) is 0 Å². The fourth-order valence-electron chi connectivity index (χ4n) is 7.28. The Morgan fingerprint density at radius 1 is 0.523 bits per heavy atom. The lowest BCUT2D eigenvalue weighted by Gasteiger charge is -2.16. The topological polar surface area (TPSA) is 43.9 Å². The van der Waals surface area contributed by atoms with E-state index in [1.54, 1.807) is 12.4 Å². The van der Waals surface area contributed by atoms with Crippen molar-refractivity contribution in [1.29, 1.82) is 0 Å². The highest BCUT2D eigenvalue weighted by atomic mass is 16.3. The number of benzene rings is 6. The van der Waals surface area contributed by atoms with Crippen molar-refractivity contribution in [3.63, 3.8) is 0 Å². The van der Waals surface area contributed by atoms with Gasteiger partial charge in [-0.15, -0.1) is 0 Å². The highest BCUT2D eigenvalue weighted by Gasteiger charge is 2.30. The van der Waals surface area contributed by atoms with E-state index < -0.39 is 0 Å². The number of aromatic nitrogens is 3. The Morgan fingerprint density at radius 2 is 1.23 bits per heavy atom. The number of nitrogens with zero attached hydrogens (tertiary/aromatic N) is 3. The van der Waals surface area contributed by atoms with E-state index in [1.807, 2.05) is 24.3 Å². The highest BCUT2D eigenvalue weighted by molar-refractivity contribution is 6.25. The Morgan fingerprint density at radius 3 is 2.14 bits per heavy atom. The third-order valence-electron chi connectivity index (χ3n) is 9.05. The number of furan rings is 1. The fourth-order valence-corrected chi connectivity index (χ4v) is 7.28. The SMILES string of the molecule is c1ccc(-c2nccnc2-c2cc3c(c4c2oc2ccccc24)-c2cccc4c5ccccc5n(c24)-c2ccccc2-3)cc1. The van der Waals surface area contributed by atoms with Crippen LogP contribution in [0, 0.1) is 0 Å². The zero-order valence-electron chi connectivity index (χ0n) is 23.5. The maximum atomic E-state index is 6.79. The molecule has 0 atom stereocenters. The Kier molecular flexibility index (Phi) is 4.69. The van der Waals surface area contributed by atoms with Gasteiger partial charge in [0.2, 0.25) is 0 Å². The molecule has 0 unspecified atom stereocenters. The molecule has 0 radical (unpaired) electrons. The molecule has 0 saturated heterocycles. The molecule has 0 amide bonds. The maximum absolute atomic E-state index is 6.79. The van der Waals surface area contributed by atoms with Gasteiger partial charge < -0.3 is 8.98 Å². The van der Waals surface area contributed by atoms with Crippen molar-refractivity contribution >= 4 is 43.7 Å². The van der Waals surface area contributed by atoms with Crippen molar-refractivity contribution in [2.24, 2.45) is 0 Å². The summed E-state index contributed by atoms with van der Waals surface area (Å²) in [7, 11) is 0. The van der Waals surface area contributed by atoms with Crippen molar-refractivity contribution in [3.05, 3.63) is 140 Å². The summed E-state index contributed by atoms with van der Waals surface area (Å²) in [4.78, 5) is 9.80. The predicted octanol–water partition coefficient (Wildman–Crippen LogP) is 10.5. The summed E-state index contributed by atoms with van der Waals surface area (Å²) < 4.78 is 9.24. The van der Waals surface area contributed by atoms with Crippen LogP contribution in [0.1, 0.15) is 0 Å². The molecule has 1 aliphatic heterocycles. The average molecular weight is 562 g/mol. The van der Waals surface area contributed by atoms with E-state index in [0.717, 1.165) is 55.7 Å². The summed E-state index contributed by atoms with van der Waals surface area (Å²) in [6.07, 6.45) is 3.54. The normalized spacial score (nSPS) is 12.1. The van der Waals surface area contributed by atoms with Crippen LogP contribution in [0.4, 0.5) is 0 Å². The third-order valence-corrected chi connectivity index (χ3v) is 9.05. The van der Waals surface area contributed by atoms with Crippen LogP contribution in [0.5, 0.6) is 0 Å². The first-order valence-corrected chi connectivity index (χ1v) is 14.8. The second-order valence-corrected chi connectivity index (χ2v) is 11.3. The summed E-state index contributed by atoms with van der Waals surface area (Å²) in [6, 6.07) is 45.1. The van der Waals surface area contributed by atoms with E-state index in [-0.39, 0.29) is 0 Å². The lowest BCUT2D eigenvalue weighted by atomic mass is 9.87. The van der Waals surface area contributed by atoms with Gasteiger partial charge in [0, 0.05) is 61.8 Å². The molecular weight excluding hydrogens is 538 g/mol. The Bertz CT molecular complexity index is 2610. The van der Waals surface area contributed by atoms with Crippen LogP contribution >= 0.6 is 0 Å². The quantitative estimate of drug-likeness (QED) is 0.211. The van der Waals surface area contributed by atoms with Crippen molar-refractivity contribution < 1.29 is 4.42 Å². The molecule has 0 saturated carbocycles. The number of hydrogen-bond donors (Lipinski definition) is 0. The first-order valence-electron chi connectivity index (χ1n) is 14.8. The Balaban J connectivity index is 1.45. The van der Waals surface area contributed by atoms with E-state index in [9.17, 15) is 0 Å². The van der Waals surface area contributed by atoms with Gasteiger partial charge in [0.15, 0.2) is 0 Å². The van der Waals surface area contributed by atoms with Crippen LogP contribution in [-0.4, -0.2) is 14.5 Å². The second kappa shape index (κ2) is 8.76. The molecule has 44 heavy (non-hydrogen) atoms. The van der Waals surface area contributed by atoms with E-state index in [2.05, 4.69) is 108 Å². The second-order valence-electron chi connectivity index (χ2n) is 11.3. The van der Waals surface area contributed by atoms with Crippen LogP contribution in [0.25, 0.3) is 94.2 Å². The lowest BCUT2D eigenvalue weighted by molar-refractivity contribution is 0.670. The molecule has 0 spiro atoms. The van der Waals surface area contributed by atoms with Gasteiger partial charge in [0.1, 0.15) is 16.9 Å². The first kappa shape index (κ1) is 23.6. The largest absolute Gasteiger partial charge is 0.455 e. The smallest absolute Gasteiger partial charge is 0.145 e. The molecule has 9 aromatic rings. The minimum absolute atomic E-state index is 0.801. The van der Waals surface area contributed by atoms with Crippen LogP contribution in [0.3, 0.4) is 0 Å². The van der Waals surface area contributed by atoms with Gasteiger partial charge in [-0.05, 0) is 29.8 Å². The van der Waals surface area contributed by atoms with Crippen molar-refractivity contribution in [2.75, 3.05) is 0 Å². The van der Waals surface area contributed by atoms with E-state index in [4.69, 9.17) is 14.4 Å². The van der Waals surface area contributed by atoms with Crippen molar-refractivity contribution in [1.82, 2.24) is 14.5 Å². The summed E-state index contributed by atoms with van der Waals surface area (Å²) >= 11 is 0. The molecule has 0 fully saturated rings. The standard InChI is InChI=1S/C40H23N3O/c1-2-11-24(12-3-1)37-38(42-22-21-41-37)31-23-30-26-14-5-8-19-33(26)43-32-18-7-4-13-25(32)27-16-10-17-29(39(27)43)35(30)36-28-15-6-9-20-34(28)44-40(31)36/h1-23H. The Hall–Kier alpha value is -6.00. The molecule has 3 aromatic heterocycles. The maximum Gasteiger partial charge on any atom is 0.145 e. The van der Waals surface area contributed by atoms with Crippen molar-refractivity contribution in [2.45, 2.75) is 0 Å². The molecule has 1 aliphatic rings. The molecule has 4 heterocycles. The predicted molar refractivity (Wildman–Crippen MR) is 179 cm³/mol. The van der Waals surface area contributed by atoms with Crippen molar-refractivity contribution in [3.8, 4) is 50.5 Å². The van der Waals surface area contributed by atoms with Gasteiger partial charge in [-0.2, -0.15) is 0 Å². The van der Waals surface area contributed by atoms with E-state index in [0.29, 0.717) is 0 Å². The summed E-state index contributed by atoms with van der Waals surface area (Å²) in [6.45, 7) is 0.